The first-order chi connectivity index (χ1) is 7.18. The third kappa shape index (κ3) is 2.20. The lowest BCUT2D eigenvalue weighted by Gasteiger charge is -2.20. The molecular formula is C12H12ClFO. The fourth-order valence-electron chi connectivity index (χ4n) is 2.06. The van der Waals surface area contributed by atoms with E-state index in [-0.39, 0.29) is 16.7 Å². The van der Waals surface area contributed by atoms with E-state index in [9.17, 15) is 9.18 Å². The van der Waals surface area contributed by atoms with E-state index < -0.39 is 5.82 Å². The molecule has 0 spiro atoms. The van der Waals surface area contributed by atoms with Crippen LogP contribution >= 0.6 is 11.6 Å². The Morgan fingerprint density at radius 3 is 2.80 bits per heavy atom. The van der Waals surface area contributed by atoms with Crippen LogP contribution in [0.15, 0.2) is 18.2 Å². The zero-order valence-corrected chi connectivity index (χ0v) is 9.06. The summed E-state index contributed by atoms with van der Waals surface area (Å²) in [5.74, 6) is -0.332. The summed E-state index contributed by atoms with van der Waals surface area (Å²) in [6.07, 6.45) is 3.46. The third-order valence-electron chi connectivity index (χ3n) is 2.90. The van der Waals surface area contributed by atoms with E-state index in [1.54, 1.807) is 6.07 Å². The van der Waals surface area contributed by atoms with Crippen molar-refractivity contribution in [2.45, 2.75) is 31.6 Å². The number of hydrogen-bond acceptors (Lipinski definition) is 1. The van der Waals surface area contributed by atoms with E-state index in [0.717, 1.165) is 24.8 Å². The first-order valence-corrected chi connectivity index (χ1v) is 5.54. The maximum atomic E-state index is 13.2. The molecule has 1 aliphatic carbocycles. The third-order valence-corrected chi connectivity index (χ3v) is 3.21. The van der Waals surface area contributed by atoms with Crippen LogP contribution < -0.4 is 0 Å². The van der Waals surface area contributed by atoms with Gasteiger partial charge in [-0.1, -0.05) is 24.1 Å². The van der Waals surface area contributed by atoms with Crippen molar-refractivity contribution in [3.05, 3.63) is 34.6 Å². The van der Waals surface area contributed by atoms with E-state index in [4.69, 9.17) is 11.6 Å². The van der Waals surface area contributed by atoms with Crippen LogP contribution in [-0.4, -0.2) is 5.78 Å². The summed E-state index contributed by atoms with van der Waals surface area (Å²) >= 11 is 5.60. The van der Waals surface area contributed by atoms with Gasteiger partial charge in [-0.3, -0.25) is 4.79 Å². The summed E-state index contributed by atoms with van der Waals surface area (Å²) in [5, 5.41) is 0.113. The van der Waals surface area contributed by atoms with Gasteiger partial charge < -0.3 is 0 Å². The molecule has 0 aromatic heterocycles. The van der Waals surface area contributed by atoms with Gasteiger partial charge in [0.1, 0.15) is 11.6 Å². The molecule has 0 amide bonds. The van der Waals surface area contributed by atoms with Crippen molar-refractivity contribution >= 4 is 17.4 Å². The van der Waals surface area contributed by atoms with Crippen molar-refractivity contribution in [2.24, 2.45) is 0 Å². The number of carbonyl (C=O) groups is 1. The van der Waals surface area contributed by atoms with Gasteiger partial charge in [0.05, 0.1) is 5.02 Å². The van der Waals surface area contributed by atoms with Crippen LogP contribution in [-0.2, 0) is 4.79 Å². The average molecular weight is 227 g/mol. The van der Waals surface area contributed by atoms with Gasteiger partial charge in [-0.2, -0.15) is 0 Å². The van der Waals surface area contributed by atoms with Crippen LogP contribution in [0, 0.1) is 5.82 Å². The molecule has 1 atom stereocenters. The molecular weight excluding hydrogens is 215 g/mol. The van der Waals surface area contributed by atoms with Gasteiger partial charge >= 0.3 is 0 Å². The second kappa shape index (κ2) is 4.31. The summed E-state index contributed by atoms with van der Waals surface area (Å²) in [7, 11) is 0. The number of Topliss-reactive ketones (excluding diaryl/α,β-unsaturated/α-hetero) is 1. The molecule has 2 rings (SSSR count). The van der Waals surface area contributed by atoms with Gasteiger partial charge in [0.25, 0.3) is 0 Å². The Bertz CT molecular complexity index is 389. The van der Waals surface area contributed by atoms with Crippen molar-refractivity contribution in [3.63, 3.8) is 0 Å². The van der Waals surface area contributed by atoms with E-state index in [1.165, 1.54) is 12.1 Å². The molecule has 1 nitrogen and oxygen atoms in total. The fourth-order valence-corrected chi connectivity index (χ4v) is 2.18. The first-order valence-electron chi connectivity index (χ1n) is 5.16. The summed E-state index contributed by atoms with van der Waals surface area (Å²) in [4.78, 5) is 11.6. The Labute approximate surface area is 93.2 Å². The number of halogens is 2. The number of carbonyl (C=O) groups excluding carboxylic acids is 1. The minimum Gasteiger partial charge on any atom is -0.299 e. The van der Waals surface area contributed by atoms with Crippen LogP contribution in [0.1, 0.15) is 37.2 Å². The lowest BCUT2D eigenvalue weighted by Crippen LogP contribution is -2.17. The Morgan fingerprint density at radius 2 is 2.13 bits per heavy atom. The first kappa shape index (κ1) is 10.6. The van der Waals surface area contributed by atoms with Crippen LogP contribution in [0.5, 0.6) is 0 Å². The molecule has 3 heteroatoms. The highest BCUT2D eigenvalue weighted by Crippen LogP contribution is 2.31. The van der Waals surface area contributed by atoms with Crippen molar-refractivity contribution < 1.29 is 9.18 Å². The van der Waals surface area contributed by atoms with Gasteiger partial charge in [-0.15, -0.1) is 0 Å². The molecule has 0 saturated heterocycles. The number of hydrogen-bond donors (Lipinski definition) is 0. The monoisotopic (exact) mass is 226 g/mol. The van der Waals surface area contributed by atoms with Crippen LogP contribution in [0.3, 0.4) is 0 Å². The topological polar surface area (TPSA) is 17.1 Å². The largest absolute Gasteiger partial charge is 0.299 e. The lowest BCUT2D eigenvalue weighted by atomic mass is 9.83. The maximum Gasteiger partial charge on any atom is 0.142 e. The van der Waals surface area contributed by atoms with Gasteiger partial charge in [-0.05, 0) is 30.5 Å². The molecule has 0 aliphatic heterocycles. The normalized spacial score (nSPS) is 21.7. The Morgan fingerprint density at radius 1 is 1.33 bits per heavy atom. The van der Waals surface area contributed by atoms with Gasteiger partial charge in [0.2, 0.25) is 0 Å². The summed E-state index contributed by atoms with van der Waals surface area (Å²) in [6, 6.07) is 4.66. The van der Waals surface area contributed by atoms with Crippen molar-refractivity contribution in [2.75, 3.05) is 0 Å². The Balaban J connectivity index is 2.28. The van der Waals surface area contributed by atoms with E-state index in [2.05, 4.69) is 0 Å². The molecule has 0 bridgehead atoms. The fraction of sp³-hybridized carbons (Fsp3) is 0.417. The molecule has 1 aromatic rings. The lowest BCUT2D eigenvalue weighted by molar-refractivity contribution is -0.121. The number of benzene rings is 1. The Hall–Kier alpha value is -0.890. The van der Waals surface area contributed by atoms with Gasteiger partial charge in [-0.25, -0.2) is 4.39 Å². The molecule has 15 heavy (non-hydrogen) atoms. The number of rotatable bonds is 1. The summed E-state index contributed by atoms with van der Waals surface area (Å²) in [6.45, 7) is 0. The standard InChI is InChI=1S/C12H12ClFO/c13-10-6-5-8(7-11(10)14)9-3-1-2-4-12(9)15/h5-7,9H,1-4H2. The molecule has 0 N–H and O–H groups in total. The van der Waals surface area contributed by atoms with Crippen LogP contribution in [0.2, 0.25) is 5.02 Å². The Kier molecular flexibility index (Phi) is 3.06. The quantitative estimate of drug-likeness (QED) is 0.714. The zero-order valence-electron chi connectivity index (χ0n) is 8.30. The highest BCUT2D eigenvalue weighted by molar-refractivity contribution is 6.30. The molecule has 0 radical (unpaired) electrons. The molecule has 0 heterocycles. The average Bonchev–Trinajstić information content (AvgIpc) is 2.23. The minimum atomic E-state index is -0.437. The van der Waals surface area contributed by atoms with Crippen molar-refractivity contribution in [1.82, 2.24) is 0 Å². The highest BCUT2D eigenvalue weighted by atomic mass is 35.5. The van der Waals surface area contributed by atoms with Crippen molar-refractivity contribution in [3.8, 4) is 0 Å². The van der Waals surface area contributed by atoms with Crippen molar-refractivity contribution in [1.29, 1.82) is 0 Å². The van der Waals surface area contributed by atoms with E-state index >= 15 is 0 Å². The molecule has 80 valence electrons. The second-order valence-corrected chi connectivity index (χ2v) is 4.35. The number of ketones is 1. The van der Waals surface area contributed by atoms with E-state index in [1.807, 2.05) is 0 Å². The van der Waals surface area contributed by atoms with Gasteiger partial charge in [0, 0.05) is 12.3 Å². The predicted molar refractivity (Wildman–Crippen MR) is 57.6 cm³/mol. The molecule has 1 fully saturated rings. The summed E-state index contributed by atoms with van der Waals surface area (Å²) < 4.78 is 13.2. The molecule has 1 aromatic carbocycles. The smallest absolute Gasteiger partial charge is 0.142 e. The second-order valence-electron chi connectivity index (χ2n) is 3.94. The van der Waals surface area contributed by atoms with E-state index in [0.29, 0.717) is 6.42 Å². The maximum absolute atomic E-state index is 13.2. The molecule has 1 saturated carbocycles. The van der Waals surface area contributed by atoms with Crippen LogP contribution in [0.4, 0.5) is 4.39 Å². The summed E-state index contributed by atoms with van der Waals surface area (Å²) in [5.41, 5.74) is 0.765. The molecule has 1 unspecified atom stereocenters. The SMILES string of the molecule is O=C1CCCCC1c1ccc(Cl)c(F)c1. The zero-order chi connectivity index (χ0) is 10.8. The van der Waals surface area contributed by atoms with Crippen LogP contribution in [0.25, 0.3) is 0 Å². The molecule has 1 aliphatic rings. The highest BCUT2D eigenvalue weighted by Gasteiger charge is 2.24. The predicted octanol–water partition coefficient (Wildman–Crippen LogP) is 3.71. The van der Waals surface area contributed by atoms with Gasteiger partial charge in [0.15, 0.2) is 0 Å². The minimum absolute atomic E-state index is 0.113.